The molecular formula is C14H14BrFN2O. The molecule has 0 atom stereocenters. The molecule has 100 valence electrons. The Kier molecular flexibility index (Phi) is 3.66. The highest BCUT2D eigenvalue weighted by molar-refractivity contribution is 9.10. The van der Waals surface area contributed by atoms with E-state index < -0.39 is 0 Å². The van der Waals surface area contributed by atoms with Gasteiger partial charge in [-0.3, -0.25) is 0 Å². The molecule has 0 aliphatic heterocycles. The number of aromatic nitrogens is 1. The molecule has 0 unspecified atom stereocenters. The second kappa shape index (κ2) is 5.43. The molecule has 0 saturated heterocycles. The van der Waals surface area contributed by atoms with E-state index >= 15 is 0 Å². The van der Waals surface area contributed by atoms with Gasteiger partial charge >= 0.3 is 0 Å². The van der Waals surface area contributed by atoms with Gasteiger partial charge < -0.3 is 9.73 Å². The molecule has 2 aromatic rings. The number of hydrogen-bond acceptors (Lipinski definition) is 3. The van der Waals surface area contributed by atoms with Crippen LogP contribution in [0, 0.1) is 5.82 Å². The zero-order valence-electron chi connectivity index (χ0n) is 10.3. The number of nitrogens with zero attached hydrogens (tertiary/aromatic N) is 1. The molecule has 3 rings (SSSR count). The average molecular weight is 325 g/mol. The van der Waals surface area contributed by atoms with Crippen molar-refractivity contribution in [1.29, 1.82) is 0 Å². The minimum absolute atomic E-state index is 0.304. The van der Waals surface area contributed by atoms with E-state index in [1.165, 1.54) is 18.9 Å². The van der Waals surface area contributed by atoms with E-state index in [2.05, 4.69) is 26.2 Å². The van der Waals surface area contributed by atoms with Crippen LogP contribution in [0.5, 0.6) is 0 Å². The largest absolute Gasteiger partial charge is 0.441 e. The molecule has 1 N–H and O–H groups in total. The van der Waals surface area contributed by atoms with Crippen molar-refractivity contribution < 1.29 is 8.81 Å². The number of benzene rings is 1. The van der Waals surface area contributed by atoms with Crippen molar-refractivity contribution in [2.75, 3.05) is 6.54 Å². The van der Waals surface area contributed by atoms with Crippen LogP contribution in [0.4, 0.5) is 4.39 Å². The standard InChI is InChI=1S/C14H14BrFN2O/c15-9-1-4-12(16)11(7-9)13-8-18-14(19-13)5-6-17-10-2-3-10/h1,4,7-8,10,17H,2-3,5-6H2. The molecule has 1 aromatic carbocycles. The lowest BCUT2D eigenvalue weighted by Crippen LogP contribution is -2.19. The number of nitrogens with one attached hydrogen (secondary N) is 1. The van der Waals surface area contributed by atoms with Crippen LogP contribution >= 0.6 is 15.9 Å². The van der Waals surface area contributed by atoms with Crippen molar-refractivity contribution in [2.24, 2.45) is 0 Å². The summed E-state index contributed by atoms with van der Waals surface area (Å²) in [7, 11) is 0. The summed E-state index contributed by atoms with van der Waals surface area (Å²) in [6, 6.07) is 5.45. The SMILES string of the molecule is Fc1ccc(Br)cc1-c1cnc(CCNC2CC2)o1. The average Bonchev–Trinajstić information content (AvgIpc) is 3.10. The van der Waals surface area contributed by atoms with Gasteiger partial charge in [0.25, 0.3) is 0 Å². The summed E-state index contributed by atoms with van der Waals surface area (Å²) in [5.74, 6) is 0.810. The first-order valence-corrected chi connectivity index (χ1v) is 7.15. The number of rotatable bonds is 5. The molecule has 0 radical (unpaired) electrons. The third kappa shape index (κ3) is 3.22. The summed E-state index contributed by atoms with van der Waals surface area (Å²) in [4.78, 5) is 4.19. The van der Waals surface area contributed by atoms with Crippen LogP contribution in [0.2, 0.25) is 0 Å². The van der Waals surface area contributed by atoms with Gasteiger partial charge in [-0.1, -0.05) is 15.9 Å². The van der Waals surface area contributed by atoms with Crippen molar-refractivity contribution in [1.82, 2.24) is 10.3 Å². The Labute approximate surface area is 119 Å². The molecule has 19 heavy (non-hydrogen) atoms. The lowest BCUT2D eigenvalue weighted by molar-refractivity contribution is 0.491. The van der Waals surface area contributed by atoms with Gasteiger partial charge in [-0.2, -0.15) is 0 Å². The molecular weight excluding hydrogens is 311 g/mol. The maximum absolute atomic E-state index is 13.7. The summed E-state index contributed by atoms with van der Waals surface area (Å²) in [5.41, 5.74) is 0.434. The summed E-state index contributed by atoms with van der Waals surface area (Å²) in [6.45, 7) is 0.853. The zero-order chi connectivity index (χ0) is 13.2. The highest BCUT2D eigenvalue weighted by Gasteiger charge is 2.20. The van der Waals surface area contributed by atoms with Crippen molar-refractivity contribution in [2.45, 2.75) is 25.3 Å². The molecule has 1 aliphatic rings. The van der Waals surface area contributed by atoms with Gasteiger partial charge in [0.2, 0.25) is 0 Å². The molecule has 0 bridgehead atoms. The molecule has 5 heteroatoms. The van der Waals surface area contributed by atoms with Gasteiger partial charge in [-0.15, -0.1) is 0 Å². The fourth-order valence-electron chi connectivity index (χ4n) is 1.91. The van der Waals surface area contributed by atoms with Gasteiger partial charge in [-0.25, -0.2) is 9.37 Å². The minimum Gasteiger partial charge on any atom is -0.441 e. The van der Waals surface area contributed by atoms with E-state index in [1.54, 1.807) is 18.3 Å². The van der Waals surface area contributed by atoms with Crippen LogP contribution in [-0.4, -0.2) is 17.6 Å². The van der Waals surface area contributed by atoms with Crippen LogP contribution in [0.25, 0.3) is 11.3 Å². The second-order valence-electron chi connectivity index (χ2n) is 4.72. The topological polar surface area (TPSA) is 38.1 Å². The predicted molar refractivity (Wildman–Crippen MR) is 74.3 cm³/mol. The van der Waals surface area contributed by atoms with Crippen molar-refractivity contribution in [3.8, 4) is 11.3 Å². The highest BCUT2D eigenvalue weighted by Crippen LogP contribution is 2.27. The highest BCUT2D eigenvalue weighted by atomic mass is 79.9. The predicted octanol–water partition coefficient (Wildman–Crippen LogP) is 3.54. The summed E-state index contributed by atoms with van der Waals surface area (Å²) in [6.07, 6.45) is 4.84. The van der Waals surface area contributed by atoms with Crippen molar-refractivity contribution >= 4 is 15.9 Å². The van der Waals surface area contributed by atoms with Crippen LogP contribution < -0.4 is 5.32 Å². The molecule has 1 saturated carbocycles. The Morgan fingerprint density at radius 3 is 3.05 bits per heavy atom. The number of hydrogen-bond donors (Lipinski definition) is 1. The molecule has 1 aromatic heterocycles. The quantitative estimate of drug-likeness (QED) is 0.914. The monoisotopic (exact) mass is 324 g/mol. The van der Waals surface area contributed by atoms with E-state index in [1.807, 2.05) is 0 Å². The fourth-order valence-corrected chi connectivity index (χ4v) is 2.27. The maximum atomic E-state index is 13.7. The zero-order valence-corrected chi connectivity index (χ0v) is 11.9. The molecule has 0 spiro atoms. The van der Waals surface area contributed by atoms with Gasteiger partial charge in [-0.05, 0) is 31.0 Å². The van der Waals surface area contributed by atoms with Crippen molar-refractivity contribution in [3.63, 3.8) is 0 Å². The van der Waals surface area contributed by atoms with E-state index in [0.29, 0.717) is 23.3 Å². The Hall–Kier alpha value is -1.20. The summed E-state index contributed by atoms with van der Waals surface area (Å²) < 4.78 is 20.1. The second-order valence-corrected chi connectivity index (χ2v) is 5.64. The smallest absolute Gasteiger partial charge is 0.196 e. The third-order valence-corrected chi connectivity index (χ3v) is 3.59. The lowest BCUT2D eigenvalue weighted by atomic mass is 10.2. The molecule has 0 amide bonds. The molecule has 1 fully saturated rings. The third-order valence-electron chi connectivity index (χ3n) is 3.10. The van der Waals surface area contributed by atoms with Crippen LogP contribution in [0.1, 0.15) is 18.7 Å². The van der Waals surface area contributed by atoms with Gasteiger partial charge in [0.15, 0.2) is 11.7 Å². The van der Waals surface area contributed by atoms with E-state index in [-0.39, 0.29) is 5.82 Å². The van der Waals surface area contributed by atoms with Gasteiger partial charge in [0.1, 0.15) is 5.82 Å². The Bertz CT molecular complexity index is 581. The maximum Gasteiger partial charge on any atom is 0.196 e. The van der Waals surface area contributed by atoms with E-state index in [9.17, 15) is 4.39 Å². The van der Waals surface area contributed by atoms with Crippen LogP contribution in [0.15, 0.2) is 33.3 Å². The Balaban J connectivity index is 1.70. The Morgan fingerprint density at radius 2 is 2.26 bits per heavy atom. The van der Waals surface area contributed by atoms with Crippen LogP contribution in [0.3, 0.4) is 0 Å². The first-order valence-electron chi connectivity index (χ1n) is 6.36. The normalized spacial score (nSPS) is 14.8. The first kappa shape index (κ1) is 12.8. The molecule has 3 nitrogen and oxygen atoms in total. The van der Waals surface area contributed by atoms with E-state index in [4.69, 9.17) is 4.42 Å². The number of halogens is 2. The summed E-state index contributed by atoms with van der Waals surface area (Å²) in [5, 5.41) is 3.39. The fraction of sp³-hybridized carbons (Fsp3) is 0.357. The number of oxazole rings is 1. The van der Waals surface area contributed by atoms with Gasteiger partial charge in [0, 0.05) is 23.5 Å². The summed E-state index contributed by atoms with van der Waals surface area (Å²) >= 11 is 3.33. The lowest BCUT2D eigenvalue weighted by Gasteiger charge is -2.00. The van der Waals surface area contributed by atoms with Crippen molar-refractivity contribution in [3.05, 3.63) is 40.6 Å². The molecule has 1 aliphatic carbocycles. The molecule has 1 heterocycles. The Morgan fingerprint density at radius 1 is 1.42 bits per heavy atom. The minimum atomic E-state index is -0.304. The first-order chi connectivity index (χ1) is 9.22. The van der Waals surface area contributed by atoms with Gasteiger partial charge in [0.05, 0.1) is 11.8 Å². The van der Waals surface area contributed by atoms with Crippen LogP contribution in [-0.2, 0) is 6.42 Å². The van der Waals surface area contributed by atoms with E-state index in [0.717, 1.165) is 17.4 Å².